The van der Waals surface area contributed by atoms with Crippen molar-refractivity contribution in [2.24, 2.45) is 0 Å². The monoisotopic (exact) mass is 464 g/mol. The highest BCUT2D eigenvalue weighted by Gasteiger charge is 2.44. The molecule has 7 heteroatoms. The highest BCUT2D eigenvalue weighted by molar-refractivity contribution is 7.17. The fraction of sp³-hybridized carbons (Fsp3) is 0.346. The Balaban J connectivity index is 1.31. The second-order valence-electron chi connectivity index (χ2n) is 9.05. The third-order valence-corrected chi connectivity index (χ3v) is 7.94. The van der Waals surface area contributed by atoms with Crippen LogP contribution in [0, 0.1) is 26.6 Å². The predicted octanol–water partition coefficient (Wildman–Crippen LogP) is 5.51. The first-order chi connectivity index (χ1) is 15.7. The molecular formula is C26H25FN2O3S. The van der Waals surface area contributed by atoms with Gasteiger partial charge in [-0.2, -0.15) is 0 Å². The molecule has 2 aliphatic heterocycles. The standard InChI is InChI=1S/C26H25FN2O3S/c1-15-12-20-21(30)14-26(32-22(20)13-16(15)2)8-10-29(11-9-26)25(31)23-17(3)28-24(33-23)18-4-6-19(27)7-5-18/h4-7,12-13H,8-11,14H2,1-3H3. The fourth-order valence-electron chi connectivity index (χ4n) is 4.60. The van der Waals surface area contributed by atoms with Crippen molar-refractivity contribution in [1.29, 1.82) is 0 Å². The lowest BCUT2D eigenvalue weighted by atomic mass is 9.82. The number of Topliss-reactive ketones (excluding diaryl/α,β-unsaturated/α-hetero) is 1. The number of carbonyl (C=O) groups is 2. The molecule has 1 amide bonds. The van der Waals surface area contributed by atoms with E-state index in [4.69, 9.17) is 4.74 Å². The van der Waals surface area contributed by atoms with E-state index >= 15 is 0 Å². The number of carbonyl (C=O) groups excluding carboxylic acids is 2. The number of likely N-dealkylation sites (tertiary alicyclic amines) is 1. The molecule has 0 radical (unpaired) electrons. The van der Waals surface area contributed by atoms with Crippen LogP contribution in [0.2, 0.25) is 0 Å². The van der Waals surface area contributed by atoms with Crippen molar-refractivity contribution < 1.29 is 18.7 Å². The van der Waals surface area contributed by atoms with Crippen molar-refractivity contribution in [2.45, 2.75) is 45.6 Å². The third kappa shape index (κ3) is 3.95. The van der Waals surface area contributed by atoms with Crippen LogP contribution in [0.15, 0.2) is 36.4 Å². The quantitative estimate of drug-likeness (QED) is 0.501. The number of hydrogen-bond donors (Lipinski definition) is 0. The Morgan fingerprint density at radius 2 is 1.76 bits per heavy atom. The average Bonchev–Trinajstić information content (AvgIpc) is 3.17. The lowest BCUT2D eigenvalue weighted by molar-refractivity contribution is -0.00565. The number of hydrogen-bond acceptors (Lipinski definition) is 5. The normalized spacial score (nSPS) is 17.1. The molecule has 1 spiro atoms. The maximum Gasteiger partial charge on any atom is 0.265 e. The smallest absolute Gasteiger partial charge is 0.265 e. The zero-order valence-corrected chi connectivity index (χ0v) is 19.7. The fourth-order valence-corrected chi connectivity index (χ4v) is 5.64. The number of amides is 1. The SMILES string of the molecule is Cc1cc2c(cc1C)C(=O)CC1(CCN(C(=O)c3sc(-c4ccc(F)cc4)nc3C)CC1)O2. The van der Waals surface area contributed by atoms with Crippen molar-refractivity contribution in [3.05, 3.63) is 69.5 Å². The number of piperidine rings is 1. The summed E-state index contributed by atoms with van der Waals surface area (Å²) in [5.41, 5.74) is 3.76. The minimum Gasteiger partial charge on any atom is -0.486 e. The first-order valence-corrected chi connectivity index (χ1v) is 11.9. The number of fused-ring (bicyclic) bond motifs is 1. The minimum absolute atomic E-state index is 0.0535. The number of ether oxygens (including phenoxy) is 1. The van der Waals surface area contributed by atoms with Crippen molar-refractivity contribution in [1.82, 2.24) is 9.88 Å². The molecule has 3 aromatic rings. The van der Waals surface area contributed by atoms with Crippen LogP contribution in [0.1, 0.15) is 56.1 Å². The summed E-state index contributed by atoms with van der Waals surface area (Å²) in [6.07, 6.45) is 1.57. The average molecular weight is 465 g/mol. The second kappa shape index (κ2) is 8.06. The Kier molecular flexibility index (Phi) is 5.32. The van der Waals surface area contributed by atoms with Crippen LogP contribution < -0.4 is 4.74 Å². The van der Waals surface area contributed by atoms with Crippen LogP contribution in [-0.2, 0) is 0 Å². The van der Waals surface area contributed by atoms with Gasteiger partial charge in [0.05, 0.1) is 17.7 Å². The molecule has 5 rings (SSSR count). The summed E-state index contributed by atoms with van der Waals surface area (Å²) in [7, 11) is 0. The molecule has 0 saturated carbocycles. The highest BCUT2D eigenvalue weighted by atomic mass is 32.1. The number of benzene rings is 2. The van der Waals surface area contributed by atoms with Crippen LogP contribution in [0.25, 0.3) is 10.6 Å². The lowest BCUT2D eigenvalue weighted by Crippen LogP contribution is -2.52. The molecule has 33 heavy (non-hydrogen) atoms. The number of thiazole rings is 1. The van der Waals surface area contributed by atoms with Crippen molar-refractivity contribution in [3.8, 4) is 16.3 Å². The molecule has 0 N–H and O–H groups in total. The Bertz CT molecular complexity index is 1260. The Morgan fingerprint density at radius 1 is 1.09 bits per heavy atom. The Labute approximate surface area is 196 Å². The maximum absolute atomic E-state index is 13.3. The number of nitrogens with zero attached hydrogens (tertiary/aromatic N) is 2. The maximum atomic E-state index is 13.3. The van der Waals surface area contributed by atoms with E-state index in [1.54, 1.807) is 12.1 Å². The number of aryl methyl sites for hydroxylation is 3. The first kappa shape index (κ1) is 21.8. The van der Waals surface area contributed by atoms with E-state index in [9.17, 15) is 14.0 Å². The second-order valence-corrected chi connectivity index (χ2v) is 10.0. The molecule has 2 aromatic carbocycles. The Hall–Kier alpha value is -3.06. The zero-order chi connectivity index (χ0) is 23.3. The Morgan fingerprint density at radius 3 is 2.45 bits per heavy atom. The van der Waals surface area contributed by atoms with E-state index in [0.29, 0.717) is 59.2 Å². The summed E-state index contributed by atoms with van der Waals surface area (Å²) in [6.45, 7) is 6.89. The van der Waals surface area contributed by atoms with E-state index < -0.39 is 5.60 Å². The predicted molar refractivity (Wildman–Crippen MR) is 126 cm³/mol. The summed E-state index contributed by atoms with van der Waals surface area (Å²) in [4.78, 5) is 33.1. The van der Waals surface area contributed by atoms with Gasteiger partial charge in [0.25, 0.3) is 5.91 Å². The van der Waals surface area contributed by atoms with E-state index in [-0.39, 0.29) is 17.5 Å². The van der Waals surface area contributed by atoms with E-state index in [1.165, 1.54) is 23.5 Å². The van der Waals surface area contributed by atoms with Crippen LogP contribution >= 0.6 is 11.3 Å². The van der Waals surface area contributed by atoms with Crippen LogP contribution in [0.4, 0.5) is 4.39 Å². The molecule has 1 fully saturated rings. The number of ketones is 1. The number of aromatic nitrogens is 1. The van der Waals surface area contributed by atoms with Crippen LogP contribution in [0.3, 0.4) is 0 Å². The van der Waals surface area contributed by atoms with Gasteiger partial charge in [0.15, 0.2) is 5.78 Å². The number of halogens is 1. The molecule has 3 heterocycles. The third-order valence-electron chi connectivity index (χ3n) is 6.75. The minimum atomic E-state index is -0.551. The van der Waals surface area contributed by atoms with E-state index in [1.807, 2.05) is 37.8 Å². The first-order valence-electron chi connectivity index (χ1n) is 11.1. The van der Waals surface area contributed by atoms with Gasteiger partial charge < -0.3 is 9.64 Å². The summed E-state index contributed by atoms with van der Waals surface area (Å²) in [5, 5.41) is 0.702. The van der Waals surface area contributed by atoms with Gasteiger partial charge >= 0.3 is 0 Å². The molecule has 0 bridgehead atoms. The molecule has 2 aliphatic rings. The highest BCUT2D eigenvalue weighted by Crippen LogP contribution is 2.41. The number of rotatable bonds is 2. The lowest BCUT2D eigenvalue weighted by Gasteiger charge is -2.44. The zero-order valence-electron chi connectivity index (χ0n) is 18.9. The van der Waals surface area contributed by atoms with Gasteiger partial charge in [0.1, 0.15) is 27.1 Å². The molecule has 0 unspecified atom stereocenters. The van der Waals surface area contributed by atoms with Gasteiger partial charge in [-0.3, -0.25) is 9.59 Å². The molecule has 170 valence electrons. The summed E-state index contributed by atoms with van der Waals surface area (Å²) in [5.74, 6) is 0.418. The van der Waals surface area contributed by atoms with Crippen LogP contribution in [-0.4, -0.2) is 40.3 Å². The van der Waals surface area contributed by atoms with Gasteiger partial charge in [0, 0.05) is 31.5 Å². The van der Waals surface area contributed by atoms with Crippen molar-refractivity contribution >= 4 is 23.0 Å². The molecule has 1 saturated heterocycles. The van der Waals surface area contributed by atoms with E-state index in [2.05, 4.69) is 4.98 Å². The van der Waals surface area contributed by atoms with Gasteiger partial charge in [-0.1, -0.05) is 0 Å². The van der Waals surface area contributed by atoms with Gasteiger partial charge in [-0.05, 0) is 68.3 Å². The molecule has 0 atom stereocenters. The van der Waals surface area contributed by atoms with Crippen molar-refractivity contribution in [2.75, 3.05) is 13.1 Å². The molecule has 0 aliphatic carbocycles. The summed E-state index contributed by atoms with van der Waals surface area (Å²) < 4.78 is 19.6. The van der Waals surface area contributed by atoms with Crippen LogP contribution in [0.5, 0.6) is 5.75 Å². The van der Waals surface area contributed by atoms with Gasteiger partial charge in [0.2, 0.25) is 0 Å². The summed E-state index contributed by atoms with van der Waals surface area (Å²) >= 11 is 1.33. The molecular weight excluding hydrogens is 439 g/mol. The summed E-state index contributed by atoms with van der Waals surface area (Å²) in [6, 6.07) is 10.0. The van der Waals surface area contributed by atoms with Gasteiger partial charge in [-0.15, -0.1) is 11.3 Å². The van der Waals surface area contributed by atoms with Crippen molar-refractivity contribution in [3.63, 3.8) is 0 Å². The molecule has 1 aromatic heterocycles. The van der Waals surface area contributed by atoms with Gasteiger partial charge in [-0.25, -0.2) is 9.37 Å². The molecule has 5 nitrogen and oxygen atoms in total. The largest absolute Gasteiger partial charge is 0.486 e. The van der Waals surface area contributed by atoms with E-state index in [0.717, 1.165) is 16.7 Å². The topological polar surface area (TPSA) is 59.5 Å².